The molecule has 43 heavy (non-hydrogen) atoms. The Kier molecular flexibility index (Phi) is 11.0. The fraction of sp³-hybridized carbons (Fsp3) is 0.375. The average Bonchev–Trinajstić information content (AvgIpc) is 2.99. The molecule has 0 bridgehead atoms. The first-order chi connectivity index (χ1) is 20.5. The molecule has 1 fully saturated rings. The molecule has 0 aromatic heterocycles. The monoisotopic (exact) mass is 629 g/mol. The number of methoxy groups -OCH3 is 1. The lowest BCUT2D eigenvalue weighted by molar-refractivity contribution is -0.140. The number of nitrogens with one attached hydrogen (secondary N) is 1. The fourth-order valence-corrected chi connectivity index (χ4v) is 6.40. The second-order valence-electron chi connectivity index (χ2n) is 10.8. The maximum absolute atomic E-state index is 14.2. The normalized spacial score (nSPS) is 14.5. The van der Waals surface area contributed by atoms with E-state index in [1.807, 2.05) is 30.3 Å². The Morgan fingerprint density at radius 1 is 1.00 bits per heavy atom. The van der Waals surface area contributed by atoms with Crippen molar-refractivity contribution in [2.75, 3.05) is 24.2 Å². The summed E-state index contributed by atoms with van der Waals surface area (Å²) in [5.41, 5.74) is 1.61. The minimum atomic E-state index is -3.95. The van der Waals surface area contributed by atoms with Crippen LogP contribution in [-0.2, 0) is 32.6 Å². The summed E-state index contributed by atoms with van der Waals surface area (Å²) in [6, 6.07) is 18.5. The number of amides is 2. The number of anilines is 1. The number of carbonyl (C=O) groups is 2. The van der Waals surface area contributed by atoms with Gasteiger partial charge in [-0.15, -0.1) is 0 Å². The molecule has 1 unspecified atom stereocenters. The second-order valence-corrected chi connectivity index (χ2v) is 13.1. The Bertz CT molecular complexity index is 1500. The molecule has 0 heterocycles. The maximum atomic E-state index is 14.2. The molecule has 3 aromatic carbocycles. The Balaban J connectivity index is 1.72. The summed E-state index contributed by atoms with van der Waals surface area (Å²) in [5.74, 6) is -0.992. The minimum absolute atomic E-state index is 0.00347. The van der Waals surface area contributed by atoms with Gasteiger partial charge in [0.25, 0.3) is 0 Å². The van der Waals surface area contributed by atoms with E-state index in [4.69, 9.17) is 16.3 Å². The van der Waals surface area contributed by atoms with Gasteiger partial charge < -0.3 is 15.0 Å². The van der Waals surface area contributed by atoms with Gasteiger partial charge in [0.2, 0.25) is 21.8 Å². The first-order valence-corrected chi connectivity index (χ1v) is 16.5. The van der Waals surface area contributed by atoms with Crippen LogP contribution in [0.3, 0.4) is 0 Å². The smallest absolute Gasteiger partial charge is 0.244 e. The minimum Gasteiger partial charge on any atom is -0.495 e. The summed E-state index contributed by atoms with van der Waals surface area (Å²) >= 11 is 6.29. The lowest BCUT2D eigenvalue weighted by Crippen LogP contribution is -2.55. The van der Waals surface area contributed by atoms with Crippen molar-refractivity contribution < 1.29 is 27.1 Å². The van der Waals surface area contributed by atoms with E-state index in [1.165, 1.54) is 42.3 Å². The number of rotatable bonds is 12. The molecule has 0 spiro atoms. The summed E-state index contributed by atoms with van der Waals surface area (Å²) in [6.07, 6.45) is 6.07. The molecule has 0 saturated heterocycles. The highest BCUT2D eigenvalue weighted by atomic mass is 35.5. The van der Waals surface area contributed by atoms with E-state index in [2.05, 4.69) is 5.32 Å². The van der Waals surface area contributed by atoms with Crippen LogP contribution in [0.25, 0.3) is 0 Å². The lowest BCUT2D eigenvalue weighted by Gasteiger charge is -2.35. The third-order valence-corrected chi connectivity index (χ3v) is 9.03. The number of carbonyl (C=O) groups excluding carboxylic acids is 2. The Hall–Kier alpha value is -3.63. The highest BCUT2D eigenvalue weighted by Crippen LogP contribution is 2.30. The average molecular weight is 630 g/mol. The molecule has 1 saturated carbocycles. The molecule has 0 radical (unpaired) electrons. The zero-order valence-electron chi connectivity index (χ0n) is 24.3. The first kappa shape index (κ1) is 32.3. The highest BCUT2D eigenvalue weighted by Gasteiger charge is 2.34. The van der Waals surface area contributed by atoms with Crippen LogP contribution >= 0.6 is 11.6 Å². The fourth-order valence-electron chi connectivity index (χ4n) is 5.31. The molecular formula is C32H37ClFN3O5S. The molecule has 1 aliphatic rings. The van der Waals surface area contributed by atoms with Crippen LogP contribution in [0.5, 0.6) is 5.75 Å². The van der Waals surface area contributed by atoms with Crippen LogP contribution < -0.4 is 14.4 Å². The van der Waals surface area contributed by atoms with E-state index in [0.29, 0.717) is 11.3 Å². The molecule has 230 valence electrons. The molecule has 0 aliphatic heterocycles. The molecule has 1 atom stereocenters. The number of hydrogen-bond acceptors (Lipinski definition) is 5. The van der Waals surface area contributed by atoms with Gasteiger partial charge in [-0.1, -0.05) is 73.3 Å². The van der Waals surface area contributed by atoms with Gasteiger partial charge in [0.15, 0.2) is 0 Å². The number of ether oxygens (including phenoxy) is 1. The quantitative estimate of drug-likeness (QED) is 0.292. The van der Waals surface area contributed by atoms with Crippen molar-refractivity contribution in [2.24, 2.45) is 0 Å². The molecular weight excluding hydrogens is 593 g/mol. The van der Waals surface area contributed by atoms with Gasteiger partial charge in [0.1, 0.15) is 24.2 Å². The molecule has 4 rings (SSSR count). The number of sulfonamides is 1. The van der Waals surface area contributed by atoms with Crippen molar-refractivity contribution in [2.45, 2.75) is 57.2 Å². The van der Waals surface area contributed by atoms with E-state index >= 15 is 0 Å². The van der Waals surface area contributed by atoms with E-state index < -0.39 is 34.3 Å². The summed E-state index contributed by atoms with van der Waals surface area (Å²) < 4.78 is 45.8. The largest absolute Gasteiger partial charge is 0.495 e. The third-order valence-electron chi connectivity index (χ3n) is 7.59. The summed E-state index contributed by atoms with van der Waals surface area (Å²) in [6.45, 7) is -0.611. The van der Waals surface area contributed by atoms with Crippen LogP contribution in [-0.4, -0.2) is 57.1 Å². The first-order valence-electron chi connectivity index (χ1n) is 14.2. The van der Waals surface area contributed by atoms with Crippen LogP contribution in [0, 0.1) is 5.82 Å². The molecule has 2 amide bonds. The van der Waals surface area contributed by atoms with Crippen LogP contribution in [0.2, 0.25) is 5.02 Å². The van der Waals surface area contributed by atoms with Gasteiger partial charge in [-0.2, -0.15) is 0 Å². The molecule has 11 heteroatoms. The highest BCUT2D eigenvalue weighted by molar-refractivity contribution is 7.92. The van der Waals surface area contributed by atoms with E-state index in [1.54, 1.807) is 12.1 Å². The molecule has 1 N–H and O–H groups in total. The third kappa shape index (κ3) is 8.93. The SMILES string of the molecule is COc1ccc(N(CC(=O)N(Cc2ccc(F)cc2)C(Cc2ccccc2)C(=O)NC2CCCCC2)S(C)(=O)=O)cc1Cl. The van der Waals surface area contributed by atoms with Crippen molar-refractivity contribution in [1.29, 1.82) is 0 Å². The topological polar surface area (TPSA) is 96.0 Å². The van der Waals surface area contributed by atoms with Gasteiger partial charge in [-0.25, -0.2) is 12.8 Å². The predicted molar refractivity (Wildman–Crippen MR) is 166 cm³/mol. The van der Waals surface area contributed by atoms with Crippen molar-refractivity contribution in [3.8, 4) is 5.75 Å². The second kappa shape index (κ2) is 14.7. The van der Waals surface area contributed by atoms with Crippen LogP contribution in [0.15, 0.2) is 72.8 Å². The van der Waals surface area contributed by atoms with Crippen molar-refractivity contribution in [3.63, 3.8) is 0 Å². The van der Waals surface area contributed by atoms with E-state index in [-0.39, 0.29) is 35.6 Å². The zero-order valence-corrected chi connectivity index (χ0v) is 25.9. The Labute approximate surface area is 257 Å². The van der Waals surface area contributed by atoms with Crippen molar-refractivity contribution in [1.82, 2.24) is 10.2 Å². The van der Waals surface area contributed by atoms with Gasteiger partial charge in [-0.3, -0.25) is 13.9 Å². The number of nitrogens with zero attached hydrogens (tertiary/aromatic N) is 2. The molecule has 8 nitrogen and oxygen atoms in total. The lowest BCUT2D eigenvalue weighted by atomic mass is 9.94. The van der Waals surface area contributed by atoms with Gasteiger partial charge in [-0.05, 0) is 54.3 Å². The molecule has 1 aliphatic carbocycles. The van der Waals surface area contributed by atoms with Gasteiger partial charge in [0, 0.05) is 19.0 Å². The maximum Gasteiger partial charge on any atom is 0.244 e. The molecule has 3 aromatic rings. The summed E-state index contributed by atoms with van der Waals surface area (Å²) in [5, 5.41) is 3.33. The van der Waals surface area contributed by atoms with Gasteiger partial charge >= 0.3 is 0 Å². The summed E-state index contributed by atoms with van der Waals surface area (Å²) in [7, 11) is -2.51. The van der Waals surface area contributed by atoms with Crippen molar-refractivity contribution in [3.05, 3.63) is 94.8 Å². The van der Waals surface area contributed by atoms with Crippen molar-refractivity contribution >= 4 is 39.1 Å². The number of hydrogen-bond donors (Lipinski definition) is 1. The Morgan fingerprint density at radius 2 is 1.67 bits per heavy atom. The van der Waals surface area contributed by atoms with Crippen LogP contribution in [0.1, 0.15) is 43.2 Å². The van der Waals surface area contributed by atoms with Gasteiger partial charge in [0.05, 0.1) is 24.1 Å². The van der Waals surface area contributed by atoms with E-state index in [0.717, 1.165) is 48.2 Å². The van der Waals surface area contributed by atoms with Crippen LogP contribution in [0.4, 0.5) is 10.1 Å². The number of benzene rings is 3. The standard InChI is InChI=1S/C32H37ClFN3O5S/c1-42-30-18-17-27(20-28(30)33)37(43(2,40)41)22-31(38)36(21-24-13-15-25(34)16-14-24)29(19-23-9-5-3-6-10-23)32(39)35-26-11-7-4-8-12-26/h3,5-6,9-10,13-18,20,26,29H,4,7-8,11-12,19,21-22H2,1-2H3,(H,35,39). The predicted octanol–water partition coefficient (Wildman–Crippen LogP) is 5.34. The summed E-state index contributed by atoms with van der Waals surface area (Å²) in [4.78, 5) is 29.5. The Morgan fingerprint density at radius 3 is 2.28 bits per heavy atom. The number of halogens is 2. The van der Waals surface area contributed by atoms with E-state index in [9.17, 15) is 22.4 Å². The zero-order chi connectivity index (χ0) is 31.0.